The summed E-state index contributed by atoms with van der Waals surface area (Å²) in [6, 6.07) is 2.84. The van der Waals surface area contributed by atoms with Gasteiger partial charge in [0.25, 0.3) is 11.8 Å². The summed E-state index contributed by atoms with van der Waals surface area (Å²) in [5.41, 5.74) is 1.26. The van der Waals surface area contributed by atoms with Gasteiger partial charge in [-0.05, 0) is 6.07 Å². The number of carbonyl (C=O) groups is 2. The highest BCUT2D eigenvalue weighted by molar-refractivity contribution is 7.15. The quantitative estimate of drug-likeness (QED) is 0.699. The zero-order chi connectivity index (χ0) is 18.8. The molecule has 0 bridgehead atoms. The molecule has 2 N–H and O–H groups in total. The highest BCUT2D eigenvalue weighted by atomic mass is 32.1. The first kappa shape index (κ1) is 17.0. The molecule has 0 saturated carbocycles. The van der Waals surface area contributed by atoms with Crippen LogP contribution in [0.15, 0.2) is 41.7 Å². The normalized spacial score (nSPS) is 13.1. The minimum absolute atomic E-state index is 0.157. The molecule has 0 saturated heterocycles. The first-order valence-corrected chi connectivity index (χ1v) is 8.96. The van der Waals surface area contributed by atoms with Crippen LogP contribution in [0.3, 0.4) is 0 Å². The van der Waals surface area contributed by atoms with E-state index in [-0.39, 0.29) is 23.1 Å². The number of aromatic nitrogens is 4. The number of carbonyl (C=O) groups excluding carboxylic acids is 2. The SMILES string of the molecule is O=C(Nc1nc2c(s1)CN(C(=O)c1ccc(=O)[nH]c1)CC2)c1cnccn1. The molecular formula is C17H14N6O3S. The molecule has 0 aliphatic carbocycles. The van der Waals surface area contributed by atoms with E-state index in [0.717, 1.165) is 10.6 Å². The van der Waals surface area contributed by atoms with Crippen molar-refractivity contribution in [2.24, 2.45) is 0 Å². The molecule has 1 aliphatic rings. The molecule has 4 heterocycles. The molecule has 1 aliphatic heterocycles. The lowest BCUT2D eigenvalue weighted by Crippen LogP contribution is -2.35. The van der Waals surface area contributed by atoms with Crippen molar-refractivity contribution in [2.45, 2.75) is 13.0 Å². The number of fused-ring (bicyclic) bond motifs is 1. The summed E-state index contributed by atoms with van der Waals surface area (Å²) in [7, 11) is 0. The summed E-state index contributed by atoms with van der Waals surface area (Å²) in [6.45, 7) is 0.929. The van der Waals surface area contributed by atoms with Crippen LogP contribution in [0.1, 0.15) is 31.4 Å². The fourth-order valence-corrected chi connectivity index (χ4v) is 3.74. The number of aromatic amines is 1. The Hall–Kier alpha value is -3.40. The molecule has 0 spiro atoms. The topological polar surface area (TPSA) is 121 Å². The largest absolute Gasteiger partial charge is 0.333 e. The highest BCUT2D eigenvalue weighted by Gasteiger charge is 2.25. The molecule has 0 atom stereocenters. The first-order chi connectivity index (χ1) is 13.1. The molecule has 27 heavy (non-hydrogen) atoms. The molecule has 3 aromatic rings. The zero-order valence-electron chi connectivity index (χ0n) is 14.0. The van der Waals surface area contributed by atoms with Gasteiger partial charge in [0.2, 0.25) is 5.56 Å². The fraction of sp³-hybridized carbons (Fsp3) is 0.176. The lowest BCUT2D eigenvalue weighted by molar-refractivity contribution is 0.0735. The monoisotopic (exact) mass is 382 g/mol. The van der Waals surface area contributed by atoms with Crippen LogP contribution in [0.4, 0.5) is 5.13 Å². The number of anilines is 1. The maximum absolute atomic E-state index is 12.6. The van der Waals surface area contributed by atoms with Crippen LogP contribution in [0.2, 0.25) is 0 Å². The Bertz CT molecular complexity index is 1040. The van der Waals surface area contributed by atoms with Gasteiger partial charge in [-0.15, -0.1) is 0 Å². The molecule has 0 fully saturated rings. The van der Waals surface area contributed by atoms with Gasteiger partial charge in [-0.25, -0.2) is 9.97 Å². The highest BCUT2D eigenvalue weighted by Crippen LogP contribution is 2.29. The fourth-order valence-electron chi connectivity index (χ4n) is 2.73. The Kier molecular flexibility index (Phi) is 4.47. The Morgan fingerprint density at radius 3 is 2.89 bits per heavy atom. The molecule has 2 amide bonds. The minimum atomic E-state index is -0.379. The Morgan fingerprint density at radius 2 is 2.15 bits per heavy atom. The minimum Gasteiger partial charge on any atom is -0.333 e. The number of amides is 2. The summed E-state index contributed by atoms with van der Waals surface area (Å²) in [4.78, 5) is 53.3. The van der Waals surface area contributed by atoms with Gasteiger partial charge in [-0.2, -0.15) is 0 Å². The van der Waals surface area contributed by atoms with Crippen molar-refractivity contribution < 1.29 is 9.59 Å². The number of nitrogens with one attached hydrogen (secondary N) is 2. The lowest BCUT2D eigenvalue weighted by Gasteiger charge is -2.26. The van der Waals surface area contributed by atoms with Gasteiger partial charge >= 0.3 is 0 Å². The number of pyridine rings is 1. The second kappa shape index (κ2) is 7.08. The maximum Gasteiger partial charge on any atom is 0.277 e. The van der Waals surface area contributed by atoms with Crippen molar-refractivity contribution in [2.75, 3.05) is 11.9 Å². The number of H-pyrrole nitrogens is 1. The summed E-state index contributed by atoms with van der Waals surface area (Å²) >= 11 is 1.33. The summed E-state index contributed by atoms with van der Waals surface area (Å²) in [5.74, 6) is -0.536. The molecular weight excluding hydrogens is 368 g/mol. The van der Waals surface area contributed by atoms with Gasteiger partial charge in [-0.1, -0.05) is 11.3 Å². The van der Waals surface area contributed by atoms with E-state index in [9.17, 15) is 14.4 Å². The van der Waals surface area contributed by atoms with Crippen molar-refractivity contribution in [1.82, 2.24) is 24.8 Å². The number of rotatable bonds is 3. The van der Waals surface area contributed by atoms with E-state index in [1.54, 1.807) is 4.90 Å². The smallest absolute Gasteiger partial charge is 0.277 e. The van der Waals surface area contributed by atoms with E-state index in [1.165, 1.54) is 48.3 Å². The van der Waals surface area contributed by atoms with Crippen molar-refractivity contribution >= 4 is 28.3 Å². The summed E-state index contributed by atoms with van der Waals surface area (Å²) in [6.07, 6.45) is 6.34. The lowest BCUT2D eigenvalue weighted by atomic mass is 10.1. The van der Waals surface area contributed by atoms with Gasteiger partial charge in [0, 0.05) is 42.5 Å². The van der Waals surface area contributed by atoms with Gasteiger partial charge in [-0.3, -0.25) is 24.7 Å². The van der Waals surface area contributed by atoms with Crippen LogP contribution >= 0.6 is 11.3 Å². The number of thiazole rings is 1. The Balaban J connectivity index is 1.47. The van der Waals surface area contributed by atoms with E-state index in [4.69, 9.17) is 0 Å². The van der Waals surface area contributed by atoms with E-state index in [0.29, 0.717) is 30.2 Å². The number of hydrogen-bond donors (Lipinski definition) is 2. The molecule has 10 heteroatoms. The van der Waals surface area contributed by atoms with E-state index >= 15 is 0 Å². The van der Waals surface area contributed by atoms with Crippen LogP contribution in [-0.2, 0) is 13.0 Å². The number of hydrogen-bond acceptors (Lipinski definition) is 7. The predicted molar refractivity (Wildman–Crippen MR) is 97.6 cm³/mol. The van der Waals surface area contributed by atoms with Gasteiger partial charge in [0.05, 0.1) is 24.0 Å². The molecule has 9 nitrogen and oxygen atoms in total. The first-order valence-electron chi connectivity index (χ1n) is 8.14. The van der Waals surface area contributed by atoms with Crippen LogP contribution in [0.5, 0.6) is 0 Å². The van der Waals surface area contributed by atoms with Crippen molar-refractivity contribution in [3.05, 3.63) is 69.1 Å². The third kappa shape index (κ3) is 3.60. The maximum atomic E-state index is 12.6. The summed E-state index contributed by atoms with van der Waals surface area (Å²) < 4.78 is 0. The molecule has 0 radical (unpaired) electrons. The Morgan fingerprint density at radius 1 is 1.26 bits per heavy atom. The van der Waals surface area contributed by atoms with E-state index < -0.39 is 0 Å². The van der Waals surface area contributed by atoms with Gasteiger partial charge < -0.3 is 9.88 Å². The van der Waals surface area contributed by atoms with Crippen LogP contribution in [0.25, 0.3) is 0 Å². The van der Waals surface area contributed by atoms with Crippen LogP contribution < -0.4 is 10.9 Å². The zero-order valence-corrected chi connectivity index (χ0v) is 14.8. The standard InChI is InChI=1S/C17H14N6O3S/c24-14-2-1-10(7-20-14)16(26)23-6-3-11-13(9-23)27-17(21-11)22-15(25)12-8-18-4-5-19-12/h1-2,4-5,7-8H,3,6,9H2,(H,20,24)(H,21,22,25). The average molecular weight is 382 g/mol. The van der Waals surface area contributed by atoms with Crippen molar-refractivity contribution in [1.29, 1.82) is 0 Å². The van der Waals surface area contributed by atoms with Crippen molar-refractivity contribution in [3.8, 4) is 0 Å². The van der Waals surface area contributed by atoms with Crippen LogP contribution in [-0.4, -0.2) is 43.2 Å². The molecule has 0 aromatic carbocycles. The molecule has 4 rings (SSSR count). The molecule has 0 unspecified atom stereocenters. The molecule has 136 valence electrons. The summed E-state index contributed by atoms with van der Waals surface area (Å²) in [5, 5.41) is 3.19. The van der Waals surface area contributed by atoms with Crippen molar-refractivity contribution in [3.63, 3.8) is 0 Å². The van der Waals surface area contributed by atoms with Gasteiger partial charge in [0.15, 0.2) is 5.13 Å². The number of nitrogens with zero attached hydrogens (tertiary/aromatic N) is 4. The average Bonchev–Trinajstić information content (AvgIpc) is 3.10. The molecule has 3 aromatic heterocycles. The van der Waals surface area contributed by atoms with Crippen LogP contribution in [0, 0.1) is 0 Å². The third-order valence-corrected chi connectivity index (χ3v) is 5.06. The van der Waals surface area contributed by atoms with E-state index in [2.05, 4.69) is 25.3 Å². The van der Waals surface area contributed by atoms with Gasteiger partial charge in [0.1, 0.15) is 5.69 Å². The Labute approximate surface area is 157 Å². The second-order valence-corrected chi connectivity index (χ2v) is 6.94. The third-order valence-electron chi connectivity index (χ3n) is 4.07. The second-order valence-electron chi connectivity index (χ2n) is 5.85. The predicted octanol–water partition coefficient (Wildman–Crippen LogP) is 1.07. The van der Waals surface area contributed by atoms with E-state index in [1.807, 2.05) is 0 Å².